The van der Waals surface area contributed by atoms with Gasteiger partial charge < -0.3 is 4.74 Å². The lowest BCUT2D eigenvalue weighted by molar-refractivity contribution is -0.123. The van der Waals surface area contributed by atoms with Gasteiger partial charge in [0.25, 0.3) is 5.91 Å². The van der Waals surface area contributed by atoms with Crippen molar-refractivity contribution in [1.29, 1.82) is 0 Å². The first-order chi connectivity index (χ1) is 13.7. The molecular formula is C23H17BrN2O2. The standard InChI is InChI=1S/C23H17BrN2O2/c24-23-20-8-4-3-6-18(20)11-12-21(23)28-15-22(27)26-25-14-16-9-10-17-5-1-2-7-19(17)13-16/h1-14H,15H2,(H,26,27)/b25-14+. The summed E-state index contributed by atoms with van der Waals surface area (Å²) in [6.07, 6.45) is 1.62. The SMILES string of the molecule is O=C(COc1ccc2ccccc2c1Br)N/N=C/c1ccc2ccccc2c1. The van der Waals surface area contributed by atoms with Gasteiger partial charge in [-0.2, -0.15) is 5.10 Å². The summed E-state index contributed by atoms with van der Waals surface area (Å²) in [4.78, 5) is 12.0. The van der Waals surface area contributed by atoms with Crippen LogP contribution in [0.3, 0.4) is 0 Å². The van der Waals surface area contributed by atoms with E-state index >= 15 is 0 Å². The van der Waals surface area contributed by atoms with Crippen LogP contribution < -0.4 is 10.2 Å². The predicted molar refractivity (Wildman–Crippen MR) is 117 cm³/mol. The molecule has 0 unspecified atom stereocenters. The molecule has 0 aliphatic carbocycles. The van der Waals surface area contributed by atoms with E-state index < -0.39 is 0 Å². The Kier molecular flexibility index (Phi) is 5.35. The van der Waals surface area contributed by atoms with Gasteiger partial charge in [0.1, 0.15) is 5.75 Å². The summed E-state index contributed by atoms with van der Waals surface area (Å²) in [6, 6.07) is 25.9. The molecule has 4 aromatic carbocycles. The van der Waals surface area contributed by atoms with Crippen LogP contribution in [-0.2, 0) is 4.79 Å². The predicted octanol–water partition coefficient (Wildman–Crippen LogP) is 5.28. The fraction of sp³-hybridized carbons (Fsp3) is 0.0435. The van der Waals surface area contributed by atoms with Crippen LogP contribution in [0, 0.1) is 0 Å². The fourth-order valence-electron chi connectivity index (χ4n) is 2.97. The molecule has 4 aromatic rings. The second-order valence-corrected chi connectivity index (χ2v) is 7.08. The highest BCUT2D eigenvalue weighted by Gasteiger charge is 2.08. The summed E-state index contributed by atoms with van der Waals surface area (Å²) >= 11 is 3.55. The molecule has 4 nitrogen and oxygen atoms in total. The van der Waals surface area contributed by atoms with Gasteiger partial charge in [0.15, 0.2) is 6.61 Å². The molecule has 0 spiro atoms. The van der Waals surface area contributed by atoms with Gasteiger partial charge in [0.05, 0.1) is 10.7 Å². The number of hydrogen-bond donors (Lipinski definition) is 1. The Balaban J connectivity index is 1.36. The molecule has 0 heterocycles. The van der Waals surface area contributed by atoms with E-state index in [0.29, 0.717) is 5.75 Å². The monoisotopic (exact) mass is 432 g/mol. The van der Waals surface area contributed by atoms with E-state index in [4.69, 9.17) is 4.74 Å². The first-order valence-corrected chi connectivity index (χ1v) is 9.61. The average molecular weight is 433 g/mol. The molecule has 1 N–H and O–H groups in total. The summed E-state index contributed by atoms with van der Waals surface area (Å²) < 4.78 is 6.47. The smallest absolute Gasteiger partial charge is 0.277 e. The maximum Gasteiger partial charge on any atom is 0.277 e. The molecule has 0 bridgehead atoms. The van der Waals surface area contributed by atoms with Gasteiger partial charge in [-0.1, -0.05) is 66.7 Å². The Morgan fingerprint density at radius 2 is 1.64 bits per heavy atom. The van der Waals surface area contributed by atoms with Crippen LogP contribution in [0.1, 0.15) is 5.56 Å². The minimum Gasteiger partial charge on any atom is -0.483 e. The van der Waals surface area contributed by atoms with Crippen molar-refractivity contribution in [2.75, 3.05) is 6.61 Å². The van der Waals surface area contributed by atoms with Crippen LogP contribution in [0.4, 0.5) is 0 Å². The van der Waals surface area contributed by atoms with Crippen LogP contribution >= 0.6 is 15.9 Å². The van der Waals surface area contributed by atoms with Gasteiger partial charge >= 0.3 is 0 Å². The van der Waals surface area contributed by atoms with Crippen LogP contribution in [0.2, 0.25) is 0 Å². The number of halogens is 1. The van der Waals surface area contributed by atoms with Gasteiger partial charge in [-0.25, -0.2) is 5.43 Å². The lowest BCUT2D eigenvalue weighted by Gasteiger charge is -2.09. The van der Waals surface area contributed by atoms with Crippen molar-refractivity contribution >= 4 is 49.6 Å². The molecule has 4 rings (SSSR count). The van der Waals surface area contributed by atoms with Crippen LogP contribution in [0.15, 0.2) is 88.4 Å². The number of carbonyl (C=O) groups excluding carboxylic acids is 1. The lowest BCUT2D eigenvalue weighted by Crippen LogP contribution is -2.24. The molecule has 1 amide bonds. The third-order valence-electron chi connectivity index (χ3n) is 4.36. The van der Waals surface area contributed by atoms with Gasteiger partial charge in [-0.3, -0.25) is 4.79 Å². The van der Waals surface area contributed by atoms with E-state index in [0.717, 1.165) is 31.6 Å². The Morgan fingerprint density at radius 3 is 2.50 bits per heavy atom. The summed E-state index contributed by atoms with van der Waals surface area (Å²) in [5, 5.41) is 8.45. The van der Waals surface area contributed by atoms with Crippen molar-refractivity contribution in [3.63, 3.8) is 0 Å². The van der Waals surface area contributed by atoms with Crippen molar-refractivity contribution in [2.45, 2.75) is 0 Å². The first-order valence-electron chi connectivity index (χ1n) is 8.81. The van der Waals surface area contributed by atoms with Gasteiger partial charge in [-0.15, -0.1) is 0 Å². The lowest BCUT2D eigenvalue weighted by atomic mass is 10.1. The van der Waals surface area contributed by atoms with Crippen molar-refractivity contribution in [3.05, 3.63) is 88.9 Å². The summed E-state index contributed by atoms with van der Waals surface area (Å²) in [6.45, 7) is -0.119. The minimum absolute atomic E-state index is 0.119. The summed E-state index contributed by atoms with van der Waals surface area (Å²) in [7, 11) is 0. The fourth-order valence-corrected chi connectivity index (χ4v) is 3.58. The number of carbonyl (C=O) groups is 1. The van der Waals surface area contributed by atoms with E-state index in [1.807, 2.05) is 72.8 Å². The van der Waals surface area contributed by atoms with Crippen molar-refractivity contribution in [3.8, 4) is 5.75 Å². The van der Waals surface area contributed by atoms with Crippen LogP contribution in [-0.4, -0.2) is 18.7 Å². The van der Waals surface area contributed by atoms with E-state index in [1.54, 1.807) is 6.21 Å². The molecule has 0 radical (unpaired) electrons. The number of ether oxygens (including phenoxy) is 1. The zero-order valence-corrected chi connectivity index (χ0v) is 16.5. The molecule has 0 fully saturated rings. The number of hydrogen-bond acceptors (Lipinski definition) is 3. The second kappa shape index (κ2) is 8.23. The number of benzene rings is 4. The molecule has 0 aromatic heterocycles. The Hall–Kier alpha value is -3.18. The molecule has 5 heteroatoms. The van der Waals surface area contributed by atoms with Crippen molar-refractivity contribution in [1.82, 2.24) is 5.43 Å². The maximum absolute atomic E-state index is 12.0. The van der Waals surface area contributed by atoms with Gasteiger partial charge in [0, 0.05) is 0 Å². The molecule has 0 aliphatic rings. The topological polar surface area (TPSA) is 50.7 Å². The molecular weight excluding hydrogens is 416 g/mol. The number of fused-ring (bicyclic) bond motifs is 2. The Labute approximate surface area is 171 Å². The molecule has 0 atom stereocenters. The largest absolute Gasteiger partial charge is 0.483 e. The number of hydrazone groups is 1. The number of rotatable bonds is 5. The number of amides is 1. The summed E-state index contributed by atoms with van der Waals surface area (Å²) in [5.74, 6) is 0.296. The minimum atomic E-state index is -0.322. The third-order valence-corrected chi connectivity index (χ3v) is 5.18. The molecule has 28 heavy (non-hydrogen) atoms. The normalized spacial score (nSPS) is 11.2. The number of nitrogens with zero attached hydrogens (tertiary/aromatic N) is 1. The second-order valence-electron chi connectivity index (χ2n) is 6.29. The third kappa shape index (κ3) is 4.05. The highest BCUT2D eigenvalue weighted by atomic mass is 79.9. The Bertz CT molecular complexity index is 1190. The van der Waals surface area contributed by atoms with E-state index in [9.17, 15) is 4.79 Å². The zero-order valence-electron chi connectivity index (χ0n) is 14.9. The van der Waals surface area contributed by atoms with Crippen LogP contribution in [0.5, 0.6) is 5.75 Å². The highest BCUT2D eigenvalue weighted by molar-refractivity contribution is 9.10. The van der Waals surface area contributed by atoms with Crippen LogP contribution in [0.25, 0.3) is 21.5 Å². The quantitative estimate of drug-likeness (QED) is 0.344. The van der Waals surface area contributed by atoms with Crippen molar-refractivity contribution < 1.29 is 9.53 Å². The Morgan fingerprint density at radius 1 is 0.929 bits per heavy atom. The first kappa shape index (κ1) is 18.2. The molecule has 138 valence electrons. The molecule has 0 saturated heterocycles. The number of nitrogens with one attached hydrogen (secondary N) is 1. The maximum atomic E-state index is 12.0. The highest BCUT2D eigenvalue weighted by Crippen LogP contribution is 2.32. The van der Waals surface area contributed by atoms with E-state index in [-0.39, 0.29) is 12.5 Å². The van der Waals surface area contributed by atoms with Gasteiger partial charge in [0.2, 0.25) is 0 Å². The van der Waals surface area contributed by atoms with E-state index in [1.165, 1.54) is 0 Å². The van der Waals surface area contributed by atoms with E-state index in [2.05, 4.69) is 32.5 Å². The van der Waals surface area contributed by atoms with Gasteiger partial charge in [-0.05, 0) is 55.2 Å². The average Bonchev–Trinajstić information content (AvgIpc) is 2.73. The zero-order chi connectivity index (χ0) is 19.3. The molecule has 0 aliphatic heterocycles. The van der Waals surface area contributed by atoms with Crippen molar-refractivity contribution in [2.24, 2.45) is 5.10 Å². The summed E-state index contributed by atoms with van der Waals surface area (Å²) in [5.41, 5.74) is 3.41. The molecule has 0 saturated carbocycles.